The van der Waals surface area contributed by atoms with Gasteiger partial charge in [0, 0.05) is 38.6 Å². The second-order valence-electron chi connectivity index (χ2n) is 9.30. The Bertz CT molecular complexity index is 1780. The van der Waals surface area contributed by atoms with Gasteiger partial charge >= 0.3 is 0 Å². The monoisotopic (exact) mass is 542 g/mol. The number of hydrogen-bond donors (Lipinski definition) is 1. The van der Waals surface area contributed by atoms with Crippen LogP contribution in [0.4, 0.5) is 11.8 Å². The van der Waals surface area contributed by atoms with Gasteiger partial charge in [-0.05, 0) is 19.1 Å². The van der Waals surface area contributed by atoms with E-state index in [1.807, 2.05) is 30.3 Å². The number of para-hydroxylation sites is 1. The lowest BCUT2D eigenvalue weighted by molar-refractivity contribution is 0.122. The summed E-state index contributed by atoms with van der Waals surface area (Å²) in [6.07, 6.45) is 0. The zero-order chi connectivity index (χ0) is 28.2. The summed E-state index contributed by atoms with van der Waals surface area (Å²) in [6.45, 7) is 4.70. The number of rotatable bonds is 8. The highest BCUT2D eigenvalue weighted by atomic mass is 16.5. The molecule has 0 aliphatic carbocycles. The van der Waals surface area contributed by atoms with E-state index in [0.717, 1.165) is 15.9 Å². The van der Waals surface area contributed by atoms with E-state index >= 15 is 0 Å². The van der Waals surface area contributed by atoms with Crippen LogP contribution in [0, 0.1) is 23.2 Å². The topological polar surface area (TPSA) is 153 Å². The molecule has 4 heterocycles. The van der Waals surface area contributed by atoms with Crippen LogP contribution in [-0.2, 0) is 24.4 Å². The van der Waals surface area contributed by atoms with E-state index in [4.69, 9.17) is 20.4 Å². The minimum atomic E-state index is -0.559. The predicted molar refractivity (Wildman–Crippen MR) is 151 cm³/mol. The summed E-state index contributed by atoms with van der Waals surface area (Å²) in [5.74, 6) is 7.27. The van der Waals surface area contributed by atoms with E-state index in [1.54, 1.807) is 23.4 Å². The van der Waals surface area contributed by atoms with Crippen molar-refractivity contribution in [1.82, 2.24) is 28.9 Å². The predicted octanol–water partition coefficient (Wildman–Crippen LogP) is 0.130. The summed E-state index contributed by atoms with van der Waals surface area (Å²) in [5, 5.41) is 10.4. The first-order chi connectivity index (χ1) is 19.5. The van der Waals surface area contributed by atoms with E-state index in [-0.39, 0.29) is 30.7 Å². The summed E-state index contributed by atoms with van der Waals surface area (Å²) in [7, 11) is 1.78. The third kappa shape index (κ3) is 4.88. The zero-order valence-electron chi connectivity index (χ0n) is 22.5. The highest BCUT2D eigenvalue weighted by molar-refractivity contribution is 5.89. The van der Waals surface area contributed by atoms with Gasteiger partial charge in [0.2, 0.25) is 5.95 Å². The average molecular weight is 543 g/mol. The van der Waals surface area contributed by atoms with Crippen molar-refractivity contribution in [3.63, 3.8) is 0 Å². The first-order valence-corrected chi connectivity index (χ1v) is 13.0. The fourth-order valence-corrected chi connectivity index (χ4v) is 4.87. The molecule has 2 N–H and O–H groups in total. The van der Waals surface area contributed by atoms with Crippen molar-refractivity contribution in [2.24, 2.45) is 5.73 Å². The van der Waals surface area contributed by atoms with Crippen LogP contribution in [0.5, 0.6) is 0 Å². The fraction of sp³-hybridized carbons (Fsp3) is 0.407. The van der Waals surface area contributed by atoms with Crippen LogP contribution in [0.15, 0.2) is 33.9 Å². The lowest BCUT2D eigenvalue weighted by Crippen LogP contribution is -2.40. The van der Waals surface area contributed by atoms with Crippen molar-refractivity contribution in [3.8, 4) is 17.9 Å². The van der Waals surface area contributed by atoms with Crippen molar-refractivity contribution in [3.05, 3.63) is 50.8 Å². The minimum Gasteiger partial charge on any atom is -0.378 e. The normalized spacial score (nSPS) is 13.3. The summed E-state index contributed by atoms with van der Waals surface area (Å²) >= 11 is 0. The molecule has 1 aliphatic rings. The number of ether oxygens (including phenoxy) is 1. The number of nitrogens with two attached hydrogens (primary N) is 1. The molecule has 1 saturated heterocycles. The van der Waals surface area contributed by atoms with Gasteiger partial charge in [0.25, 0.3) is 11.1 Å². The Kier molecular flexibility index (Phi) is 7.77. The number of morpholine rings is 1. The van der Waals surface area contributed by atoms with Gasteiger partial charge in [-0.15, -0.1) is 5.92 Å². The Labute approximate surface area is 230 Å². The van der Waals surface area contributed by atoms with Crippen molar-refractivity contribution in [2.75, 3.05) is 56.2 Å². The smallest absolute Gasteiger partial charge is 0.294 e. The summed E-state index contributed by atoms with van der Waals surface area (Å²) in [5.41, 5.74) is 5.49. The Morgan fingerprint density at radius 1 is 1.07 bits per heavy atom. The lowest BCUT2D eigenvalue weighted by atomic mass is 10.2. The van der Waals surface area contributed by atoms with Crippen LogP contribution < -0.4 is 26.7 Å². The molecule has 13 nitrogen and oxygen atoms in total. The van der Waals surface area contributed by atoms with Crippen LogP contribution in [0.3, 0.4) is 0 Å². The number of anilines is 2. The van der Waals surface area contributed by atoms with E-state index in [9.17, 15) is 14.9 Å². The van der Waals surface area contributed by atoms with Gasteiger partial charge in [-0.25, -0.2) is 24.3 Å². The Morgan fingerprint density at radius 3 is 2.58 bits per heavy atom. The van der Waals surface area contributed by atoms with Crippen molar-refractivity contribution >= 4 is 33.7 Å². The maximum atomic E-state index is 14.1. The van der Waals surface area contributed by atoms with Crippen molar-refractivity contribution in [2.45, 2.75) is 26.6 Å². The largest absolute Gasteiger partial charge is 0.378 e. The summed E-state index contributed by atoms with van der Waals surface area (Å²) in [4.78, 5) is 45.7. The summed E-state index contributed by atoms with van der Waals surface area (Å²) in [6, 6.07) is 9.65. The van der Waals surface area contributed by atoms with E-state index < -0.39 is 11.1 Å². The van der Waals surface area contributed by atoms with Gasteiger partial charge in [-0.1, -0.05) is 18.1 Å². The molecule has 0 unspecified atom stereocenters. The molecular weight excluding hydrogens is 512 g/mol. The van der Waals surface area contributed by atoms with Crippen LogP contribution in [0.1, 0.15) is 12.7 Å². The second kappa shape index (κ2) is 11.6. The molecule has 0 spiro atoms. The van der Waals surface area contributed by atoms with Gasteiger partial charge in [0.05, 0.1) is 31.3 Å². The van der Waals surface area contributed by atoms with E-state index in [0.29, 0.717) is 56.7 Å². The molecule has 5 rings (SSSR count). The van der Waals surface area contributed by atoms with Gasteiger partial charge in [0.1, 0.15) is 24.4 Å². The SMILES string of the molecule is CC#CCn1c(N(C)CCN)nc2c(=O)n(CC#N)n(Cc3nc(N4CCOCC4)c4ccccc4n3)c(=O)c21. The maximum absolute atomic E-state index is 14.1. The number of imidazole rings is 1. The third-order valence-corrected chi connectivity index (χ3v) is 6.78. The molecule has 3 aromatic heterocycles. The Hall–Kier alpha value is -4.72. The number of benzene rings is 1. The molecule has 1 aromatic carbocycles. The molecule has 0 atom stereocenters. The van der Waals surface area contributed by atoms with Gasteiger partial charge in [-0.3, -0.25) is 14.2 Å². The molecule has 0 saturated carbocycles. The second-order valence-corrected chi connectivity index (χ2v) is 9.30. The van der Waals surface area contributed by atoms with Crippen LogP contribution >= 0.6 is 0 Å². The summed E-state index contributed by atoms with van der Waals surface area (Å²) < 4.78 is 9.47. The molecule has 0 radical (unpaired) electrons. The van der Waals surface area contributed by atoms with Gasteiger partial charge in [0.15, 0.2) is 11.3 Å². The minimum absolute atomic E-state index is 0.0262. The molecule has 13 heteroatoms. The molecule has 1 aliphatic heterocycles. The lowest BCUT2D eigenvalue weighted by Gasteiger charge is -2.29. The molecule has 40 heavy (non-hydrogen) atoms. The van der Waals surface area contributed by atoms with Crippen molar-refractivity contribution in [1.29, 1.82) is 5.26 Å². The van der Waals surface area contributed by atoms with Gasteiger partial charge in [-0.2, -0.15) is 5.26 Å². The molecule has 206 valence electrons. The number of likely N-dealkylation sites (N-methyl/N-ethyl adjacent to an activating group) is 1. The maximum Gasteiger partial charge on any atom is 0.294 e. The van der Waals surface area contributed by atoms with Crippen molar-refractivity contribution < 1.29 is 4.74 Å². The number of aromatic nitrogens is 6. The average Bonchev–Trinajstić information content (AvgIpc) is 3.37. The van der Waals surface area contributed by atoms with E-state index in [2.05, 4.69) is 21.7 Å². The number of nitrogens with zero attached hydrogens (tertiary/aromatic N) is 9. The molecule has 0 bridgehead atoms. The van der Waals surface area contributed by atoms with Gasteiger partial charge < -0.3 is 20.3 Å². The van der Waals surface area contributed by atoms with E-state index in [1.165, 1.54) is 4.68 Å². The zero-order valence-corrected chi connectivity index (χ0v) is 22.5. The molecular formula is C27H30N10O3. The molecule has 4 aromatic rings. The third-order valence-electron chi connectivity index (χ3n) is 6.78. The number of nitriles is 1. The number of fused-ring (bicyclic) bond motifs is 2. The van der Waals surface area contributed by atoms with Crippen LogP contribution in [0.2, 0.25) is 0 Å². The fourth-order valence-electron chi connectivity index (χ4n) is 4.87. The highest BCUT2D eigenvalue weighted by Crippen LogP contribution is 2.25. The molecule has 1 fully saturated rings. The number of hydrogen-bond acceptors (Lipinski definition) is 10. The quantitative estimate of drug-likeness (QED) is 0.304. The first kappa shape index (κ1) is 26.9. The standard InChI is InChI=1S/C27H30N10O3/c1-3-4-11-35-23-22(32-27(35)33(2)12-9-28)25(38)36(13-10-29)37(26(23)39)18-21-30-20-8-6-5-7-19(20)24(31-21)34-14-16-40-17-15-34/h5-8H,9,11-18,28H2,1-2H3. The Balaban J connectivity index is 1.72. The highest BCUT2D eigenvalue weighted by Gasteiger charge is 2.24. The van der Waals surface area contributed by atoms with Crippen LogP contribution in [-0.4, -0.2) is 75.3 Å². The molecule has 0 amide bonds. The Morgan fingerprint density at radius 2 is 1.85 bits per heavy atom. The first-order valence-electron chi connectivity index (χ1n) is 13.0. The van der Waals surface area contributed by atoms with Crippen LogP contribution in [0.25, 0.3) is 21.9 Å².